The van der Waals surface area contributed by atoms with Crippen molar-refractivity contribution in [1.82, 2.24) is 14.9 Å². The van der Waals surface area contributed by atoms with Crippen LogP contribution in [0.5, 0.6) is 5.88 Å². The average molecular weight is 376 g/mol. The highest BCUT2D eigenvalue weighted by atomic mass is 35.5. The summed E-state index contributed by atoms with van der Waals surface area (Å²) in [7, 11) is 0. The maximum Gasteiger partial charge on any atom is 0.228 e. The number of alkyl halides is 1. The van der Waals surface area contributed by atoms with Gasteiger partial charge in [0.1, 0.15) is 17.4 Å². The smallest absolute Gasteiger partial charge is 0.228 e. The van der Waals surface area contributed by atoms with E-state index < -0.39 is 12.1 Å². The first kappa shape index (κ1) is 17.2. The Bertz CT molecular complexity index is 907. The van der Waals surface area contributed by atoms with Gasteiger partial charge in [0.2, 0.25) is 11.8 Å². The number of pyridine rings is 2. The van der Waals surface area contributed by atoms with E-state index in [0.29, 0.717) is 30.5 Å². The molecule has 1 saturated carbocycles. The second kappa shape index (κ2) is 6.50. The molecular weight excluding hydrogens is 357 g/mol. The molecule has 1 aliphatic heterocycles. The summed E-state index contributed by atoms with van der Waals surface area (Å²) in [4.78, 5) is 22.2. The van der Waals surface area contributed by atoms with E-state index in [1.54, 1.807) is 23.4 Å². The minimum absolute atomic E-state index is 0.109. The van der Waals surface area contributed by atoms with Gasteiger partial charge in [-0.15, -0.1) is 0 Å². The van der Waals surface area contributed by atoms with Gasteiger partial charge in [-0.3, -0.25) is 4.79 Å². The summed E-state index contributed by atoms with van der Waals surface area (Å²) in [6.07, 6.45) is 4.68. The van der Waals surface area contributed by atoms with Gasteiger partial charge in [-0.05, 0) is 26.3 Å². The molecule has 0 aromatic carbocycles. The number of amides is 1. The van der Waals surface area contributed by atoms with Crippen LogP contribution in [0.4, 0.5) is 4.39 Å². The molecule has 26 heavy (non-hydrogen) atoms. The van der Waals surface area contributed by atoms with Crippen molar-refractivity contribution < 1.29 is 13.9 Å². The zero-order valence-electron chi connectivity index (χ0n) is 14.6. The Hall–Kier alpha value is -2.21. The van der Waals surface area contributed by atoms with Crippen LogP contribution in [0.3, 0.4) is 0 Å². The average Bonchev–Trinajstić information content (AvgIpc) is 3.28. The van der Waals surface area contributed by atoms with Gasteiger partial charge in [0, 0.05) is 23.3 Å². The number of carbonyl (C=O) groups excluding carboxylic acids is 1. The summed E-state index contributed by atoms with van der Waals surface area (Å²) >= 11 is 6.06. The minimum Gasteiger partial charge on any atom is -0.470 e. The third-order valence-corrected chi connectivity index (χ3v) is 4.85. The van der Waals surface area contributed by atoms with Gasteiger partial charge in [0.25, 0.3) is 0 Å². The molecule has 0 spiro atoms. The molecule has 2 aromatic rings. The Labute approximate surface area is 155 Å². The Morgan fingerprint density at radius 3 is 2.69 bits per heavy atom. The van der Waals surface area contributed by atoms with E-state index in [-0.39, 0.29) is 12.0 Å². The summed E-state index contributed by atoms with van der Waals surface area (Å²) in [6.45, 7) is 4.95. The predicted molar refractivity (Wildman–Crippen MR) is 97.9 cm³/mol. The van der Waals surface area contributed by atoms with Crippen LogP contribution in [-0.2, 0) is 4.79 Å². The molecule has 136 valence electrons. The van der Waals surface area contributed by atoms with Gasteiger partial charge in [-0.2, -0.15) is 0 Å². The van der Waals surface area contributed by atoms with E-state index in [4.69, 9.17) is 16.3 Å². The third-order valence-electron chi connectivity index (χ3n) is 4.64. The molecule has 2 atom stereocenters. The fraction of sp³-hybridized carbons (Fsp3) is 0.421. The molecule has 5 nitrogen and oxygen atoms in total. The van der Waals surface area contributed by atoms with Gasteiger partial charge in [-0.1, -0.05) is 23.3 Å². The fourth-order valence-electron chi connectivity index (χ4n) is 3.13. The number of ether oxygens (including phenoxy) is 1. The summed E-state index contributed by atoms with van der Waals surface area (Å²) in [5.74, 6) is -0.0749. The van der Waals surface area contributed by atoms with E-state index in [0.717, 1.165) is 21.9 Å². The molecule has 2 fully saturated rings. The van der Waals surface area contributed by atoms with Crippen LogP contribution >= 0.6 is 11.6 Å². The number of rotatable bonds is 4. The van der Waals surface area contributed by atoms with Crippen molar-refractivity contribution in [3.05, 3.63) is 34.7 Å². The number of aromatic nitrogens is 2. The lowest BCUT2D eigenvalue weighted by atomic mass is 10.1. The van der Waals surface area contributed by atoms with E-state index in [1.165, 1.54) is 0 Å². The molecule has 0 bridgehead atoms. The van der Waals surface area contributed by atoms with Crippen LogP contribution in [0.1, 0.15) is 25.8 Å². The van der Waals surface area contributed by atoms with Crippen LogP contribution in [0.25, 0.3) is 16.8 Å². The first-order valence-electron chi connectivity index (χ1n) is 8.61. The molecule has 4 rings (SSSR count). The monoisotopic (exact) mass is 375 g/mol. The first-order chi connectivity index (χ1) is 12.4. The van der Waals surface area contributed by atoms with Crippen LogP contribution in [0.2, 0.25) is 5.15 Å². The van der Waals surface area contributed by atoms with Crippen LogP contribution in [-0.4, -0.2) is 46.1 Å². The van der Waals surface area contributed by atoms with Gasteiger partial charge in [0.05, 0.1) is 24.4 Å². The number of hydrogen-bond acceptors (Lipinski definition) is 4. The lowest BCUT2D eigenvalue weighted by Crippen LogP contribution is -2.56. The number of likely N-dealkylation sites (tertiary alicyclic amines) is 1. The summed E-state index contributed by atoms with van der Waals surface area (Å²) in [6, 6.07) is 1.80. The van der Waals surface area contributed by atoms with Crippen molar-refractivity contribution in [3.8, 4) is 5.88 Å². The van der Waals surface area contributed by atoms with E-state index in [1.807, 2.05) is 19.9 Å². The van der Waals surface area contributed by atoms with Gasteiger partial charge >= 0.3 is 0 Å². The minimum atomic E-state index is -0.966. The molecule has 1 amide bonds. The van der Waals surface area contributed by atoms with Crippen molar-refractivity contribution in [2.75, 3.05) is 13.1 Å². The second-order valence-corrected chi connectivity index (χ2v) is 7.52. The van der Waals surface area contributed by atoms with Crippen LogP contribution in [0.15, 0.2) is 24.0 Å². The first-order valence-corrected chi connectivity index (χ1v) is 8.99. The molecule has 0 radical (unpaired) electrons. The number of nitrogens with zero attached hydrogens (tertiary/aromatic N) is 3. The molecule has 2 aromatic heterocycles. The zero-order chi connectivity index (χ0) is 18.4. The van der Waals surface area contributed by atoms with Gasteiger partial charge in [0.15, 0.2) is 0 Å². The van der Waals surface area contributed by atoms with Crippen LogP contribution < -0.4 is 4.74 Å². The topological polar surface area (TPSA) is 55.3 Å². The van der Waals surface area contributed by atoms with Crippen molar-refractivity contribution in [2.24, 2.45) is 5.92 Å². The van der Waals surface area contributed by atoms with Gasteiger partial charge in [-0.25, -0.2) is 14.4 Å². The van der Waals surface area contributed by atoms with Crippen molar-refractivity contribution in [1.29, 1.82) is 0 Å². The molecule has 0 unspecified atom stereocenters. The Kier molecular flexibility index (Phi) is 4.31. The number of fused-ring (bicyclic) bond motifs is 1. The fourth-order valence-corrected chi connectivity index (χ4v) is 3.29. The predicted octanol–water partition coefficient (Wildman–Crippen LogP) is 3.65. The van der Waals surface area contributed by atoms with Crippen molar-refractivity contribution in [3.63, 3.8) is 0 Å². The number of carbonyl (C=O) groups is 1. The van der Waals surface area contributed by atoms with E-state index in [9.17, 15) is 9.18 Å². The van der Waals surface area contributed by atoms with Crippen LogP contribution in [0, 0.1) is 5.92 Å². The standard InChI is InChI=1S/C19H19ClFN3O2/c1-10(2)3-11-6-23-18(15-7-22-17(20)5-13(11)15)26-12-8-24(9-12)19(25)14-4-16(14)21/h3,5-7,12,14,16H,4,8-9H2,1-2H3/t14-,16+/m1/s1. The highest BCUT2D eigenvalue weighted by Gasteiger charge is 2.48. The third kappa shape index (κ3) is 3.26. The summed E-state index contributed by atoms with van der Waals surface area (Å²) in [5.41, 5.74) is 2.10. The maximum atomic E-state index is 13.0. The molecule has 0 N–H and O–H groups in total. The lowest BCUT2D eigenvalue weighted by Gasteiger charge is -2.38. The van der Waals surface area contributed by atoms with Crippen molar-refractivity contribution >= 4 is 34.4 Å². The molecule has 2 aliphatic rings. The number of halogens is 2. The number of allylic oxidation sites excluding steroid dienone is 1. The summed E-state index contributed by atoms with van der Waals surface area (Å²) < 4.78 is 19.0. The second-order valence-electron chi connectivity index (χ2n) is 7.13. The van der Waals surface area contributed by atoms with E-state index in [2.05, 4.69) is 9.97 Å². The number of hydrogen-bond donors (Lipinski definition) is 0. The SMILES string of the molecule is CC(C)=Cc1cnc(OC2CN(C(=O)[C@@H]3C[C@@H]3F)C2)c2cnc(Cl)cc12. The highest BCUT2D eigenvalue weighted by Crippen LogP contribution is 2.37. The lowest BCUT2D eigenvalue weighted by molar-refractivity contribution is -0.141. The molecule has 1 aliphatic carbocycles. The summed E-state index contributed by atoms with van der Waals surface area (Å²) in [5, 5.41) is 2.10. The Morgan fingerprint density at radius 1 is 1.31 bits per heavy atom. The zero-order valence-corrected chi connectivity index (χ0v) is 15.3. The molecule has 7 heteroatoms. The van der Waals surface area contributed by atoms with E-state index >= 15 is 0 Å². The molecular formula is C19H19ClFN3O2. The normalized spacial score (nSPS) is 22.1. The largest absolute Gasteiger partial charge is 0.470 e. The Morgan fingerprint density at radius 2 is 2.04 bits per heavy atom. The quantitative estimate of drug-likeness (QED) is 0.765. The highest BCUT2D eigenvalue weighted by molar-refractivity contribution is 6.30. The van der Waals surface area contributed by atoms with Gasteiger partial charge < -0.3 is 9.64 Å². The molecule has 3 heterocycles. The maximum absolute atomic E-state index is 13.0. The molecule has 1 saturated heterocycles. The van der Waals surface area contributed by atoms with Crippen molar-refractivity contribution in [2.45, 2.75) is 32.5 Å². The Balaban J connectivity index is 1.53.